The molecule has 3 heterocycles. The minimum atomic E-state index is -0.585. The van der Waals surface area contributed by atoms with Gasteiger partial charge in [-0.15, -0.1) is 11.3 Å². The zero-order valence-corrected chi connectivity index (χ0v) is 18.1. The summed E-state index contributed by atoms with van der Waals surface area (Å²) in [5.41, 5.74) is 1.26. The molecule has 1 aliphatic rings. The fourth-order valence-corrected chi connectivity index (χ4v) is 5.55. The minimum absolute atomic E-state index is 0.230. The summed E-state index contributed by atoms with van der Waals surface area (Å²) in [6.45, 7) is 3.84. The van der Waals surface area contributed by atoms with Crippen LogP contribution >= 0.6 is 11.3 Å². The van der Waals surface area contributed by atoms with Crippen LogP contribution in [0.2, 0.25) is 0 Å². The van der Waals surface area contributed by atoms with Gasteiger partial charge in [0.05, 0.1) is 21.4 Å². The van der Waals surface area contributed by atoms with Crippen LogP contribution in [0.15, 0.2) is 53.1 Å². The lowest BCUT2D eigenvalue weighted by atomic mass is 9.92. The molecule has 162 valence electrons. The number of hydrogen-bond donors (Lipinski definition) is 1. The number of likely N-dealkylation sites (tertiary alicyclic amines) is 1. The van der Waals surface area contributed by atoms with Crippen molar-refractivity contribution in [3.05, 3.63) is 59.6 Å². The maximum absolute atomic E-state index is 14.0. The van der Waals surface area contributed by atoms with E-state index in [1.807, 2.05) is 30.3 Å². The quantitative estimate of drug-likeness (QED) is 0.447. The first-order chi connectivity index (χ1) is 15.1. The van der Waals surface area contributed by atoms with Gasteiger partial charge in [-0.2, -0.15) is 0 Å². The number of fused-ring (bicyclic) bond motifs is 2. The first-order valence-corrected chi connectivity index (χ1v) is 11.5. The zero-order valence-electron chi connectivity index (χ0n) is 17.3. The average molecular weight is 441 g/mol. The number of hydrogen-bond acceptors (Lipinski definition) is 6. The second kappa shape index (κ2) is 8.57. The van der Waals surface area contributed by atoms with E-state index in [0.717, 1.165) is 45.8 Å². The zero-order chi connectivity index (χ0) is 21.4. The number of piperidine rings is 1. The number of ether oxygens (including phenoxy) is 1. The number of furan rings is 1. The molecule has 0 unspecified atom stereocenters. The van der Waals surface area contributed by atoms with Gasteiger partial charge in [0.25, 0.3) is 0 Å². The second-order valence-corrected chi connectivity index (χ2v) is 9.32. The summed E-state index contributed by atoms with van der Waals surface area (Å²) >= 11 is 1.60. The van der Waals surface area contributed by atoms with E-state index in [4.69, 9.17) is 9.15 Å². The first-order valence-electron chi connectivity index (χ1n) is 10.6. The molecule has 0 radical (unpaired) electrons. The summed E-state index contributed by atoms with van der Waals surface area (Å²) in [4.78, 5) is 6.89. The molecule has 1 N–H and O–H groups in total. The van der Waals surface area contributed by atoms with Crippen LogP contribution in [0, 0.1) is 5.82 Å². The fourth-order valence-electron chi connectivity index (χ4n) is 4.42. The van der Waals surface area contributed by atoms with Gasteiger partial charge < -0.3 is 14.3 Å². The molecular formula is C24H25FN2O3S. The highest BCUT2D eigenvalue weighted by atomic mass is 32.1. The molecule has 0 amide bonds. The van der Waals surface area contributed by atoms with Crippen molar-refractivity contribution in [3.8, 4) is 5.75 Å². The average Bonchev–Trinajstić information content (AvgIpc) is 3.41. The molecule has 1 saturated heterocycles. The summed E-state index contributed by atoms with van der Waals surface area (Å²) in [6, 6.07) is 13.0. The molecule has 2 aromatic carbocycles. The highest BCUT2D eigenvalue weighted by molar-refractivity contribution is 7.18. The van der Waals surface area contributed by atoms with E-state index in [9.17, 15) is 9.50 Å². The minimum Gasteiger partial charge on any atom is -0.490 e. The highest BCUT2D eigenvalue weighted by Gasteiger charge is 2.29. The lowest BCUT2D eigenvalue weighted by molar-refractivity contribution is 0.0405. The number of aliphatic hydroxyl groups excluding tert-OH is 1. The number of rotatable bonds is 6. The first kappa shape index (κ1) is 20.4. The largest absolute Gasteiger partial charge is 0.490 e. The molecule has 31 heavy (non-hydrogen) atoms. The number of nitrogens with zero attached hydrogens (tertiary/aromatic N) is 2. The van der Waals surface area contributed by atoms with Gasteiger partial charge in [0, 0.05) is 18.5 Å². The molecule has 1 aliphatic heterocycles. The molecule has 3 atom stereocenters. The topological polar surface area (TPSA) is 58.7 Å². The molecule has 0 aliphatic carbocycles. The van der Waals surface area contributed by atoms with Gasteiger partial charge in [0.15, 0.2) is 0 Å². The Bertz CT molecular complexity index is 1190. The van der Waals surface area contributed by atoms with Gasteiger partial charge >= 0.3 is 0 Å². The van der Waals surface area contributed by atoms with Gasteiger partial charge in [-0.25, -0.2) is 9.37 Å². The van der Waals surface area contributed by atoms with E-state index < -0.39 is 6.10 Å². The predicted molar refractivity (Wildman–Crippen MR) is 120 cm³/mol. The molecule has 2 aromatic heterocycles. The summed E-state index contributed by atoms with van der Waals surface area (Å²) in [6.07, 6.45) is 2.95. The number of benzene rings is 2. The summed E-state index contributed by atoms with van der Waals surface area (Å²) < 4.78 is 26.2. The molecular weight excluding hydrogens is 415 g/mol. The maximum Gasteiger partial charge on any atom is 0.150 e. The van der Waals surface area contributed by atoms with Crippen molar-refractivity contribution in [2.45, 2.75) is 37.8 Å². The van der Waals surface area contributed by atoms with Crippen molar-refractivity contribution in [1.29, 1.82) is 0 Å². The van der Waals surface area contributed by atoms with E-state index >= 15 is 0 Å². The summed E-state index contributed by atoms with van der Waals surface area (Å²) in [7, 11) is 0. The number of thiazole rings is 1. The molecule has 5 nitrogen and oxygen atoms in total. The van der Waals surface area contributed by atoms with E-state index in [0.29, 0.717) is 24.0 Å². The molecule has 1 fully saturated rings. The van der Waals surface area contributed by atoms with Crippen molar-refractivity contribution in [2.24, 2.45) is 0 Å². The number of aromatic nitrogens is 1. The van der Waals surface area contributed by atoms with Crippen LogP contribution < -0.4 is 4.74 Å². The van der Waals surface area contributed by atoms with Gasteiger partial charge in [-0.1, -0.05) is 12.1 Å². The lowest BCUT2D eigenvalue weighted by Gasteiger charge is -2.38. The predicted octanol–water partition coefficient (Wildman–Crippen LogP) is 5.19. The third-order valence-corrected chi connectivity index (χ3v) is 7.26. The Hall–Kier alpha value is -2.48. The third kappa shape index (κ3) is 4.18. The van der Waals surface area contributed by atoms with Crippen LogP contribution in [-0.2, 0) is 0 Å². The fraction of sp³-hybridized carbons (Fsp3) is 0.375. The number of para-hydroxylation sites is 1. The monoisotopic (exact) mass is 440 g/mol. The van der Waals surface area contributed by atoms with Crippen LogP contribution in [0.5, 0.6) is 5.75 Å². The Morgan fingerprint density at radius 1 is 1.29 bits per heavy atom. The molecule has 0 spiro atoms. The van der Waals surface area contributed by atoms with E-state index in [-0.39, 0.29) is 12.4 Å². The molecule has 4 aromatic rings. The number of β-amino-alcohol motifs (C(OH)–C–C–N with tert-alkyl or cyclic N) is 1. The maximum atomic E-state index is 14.0. The van der Waals surface area contributed by atoms with E-state index in [2.05, 4.69) is 16.8 Å². The van der Waals surface area contributed by atoms with Crippen LogP contribution in [-0.4, -0.2) is 46.8 Å². The Balaban J connectivity index is 1.18. The Kier molecular flexibility index (Phi) is 5.65. The standard InChI is InChI=1S/C24H25FN2O3S/c1-15-12-16(24-26-23-19(25)4-2-7-22(23)31-24)8-10-27(15)13-17(28)14-30-21-6-3-5-20-18(21)9-11-29-20/h2-7,9,11,15-17,28H,8,10,12-14H2,1H3/t15-,16+,17-/m0/s1. The van der Waals surface area contributed by atoms with Crippen LogP contribution in [0.4, 0.5) is 4.39 Å². The SMILES string of the molecule is C[C@H]1C[C@H](c2nc3c(F)cccc3s2)CCN1C[C@H](O)COc1cccc2occc12. The summed E-state index contributed by atoms with van der Waals surface area (Å²) in [5.74, 6) is 0.801. The number of halogens is 1. The van der Waals surface area contributed by atoms with Gasteiger partial charge in [-0.05, 0) is 56.6 Å². The second-order valence-electron chi connectivity index (χ2n) is 8.26. The van der Waals surface area contributed by atoms with Gasteiger partial charge in [0.1, 0.15) is 35.4 Å². The summed E-state index contributed by atoms with van der Waals surface area (Å²) in [5, 5.41) is 12.5. The van der Waals surface area contributed by atoms with Crippen molar-refractivity contribution in [1.82, 2.24) is 9.88 Å². The van der Waals surface area contributed by atoms with E-state index in [1.54, 1.807) is 23.7 Å². The van der Waals surface area contributed by atoms with Gasteiger partial charge in [-0.3, -0.25) is 4.90 Å². The van der Waals surface area contributed by atoms with Crippen LogP contribution in [0.25, 0.3) is 21.2 Å². The highest BCUT2D eigenvalue weighted by Crippen LogP contribution is 2.36. The lowest BCUT2D eigenvalue weighted by Crippen LogP contribution is -2.45. The third-order valence-electron chi connectivity index (χ3n) is 6.08. The molecule has 0 saturated carbocycles. The van der Waals surface area contributed by atoms with Crippen molar-refractivity contribution in [3.63, 3.8) is 0 Å². The number of aliphatic hydroxyl groups is 1. The molecule has 7 heteroatoms. The van der Waals surface area contributed by atoms with Crippen molar-refractivity contribution in [2.75, 3.05) is 19.7 Å². The van der Waals surface area contributed by atoms with E-state index in [1.165, 1.54) is 6.07 Å². The van der Waals surface area contributed by atoms with Crippen LogP contribution in [0.3, 0.4) is 0 Å². The van der Waals surface area contributed by atoms with Gasteiger partial charge in [0.2, 0.25) is 0 Å². The Morgan fingerprint density at radius 3 is 3.00 bits per heavy atom. The van der Waals surface area contributed by atoms with Crippen molar-refractivity contribution < 1.29 is 18.7 Å². The smallest absolute Gasteiger partial charge is 0.150 e. The Morgan fingerprint density at radius 2 is 2.16 bits per heavy atom. The Labute approximate surface area is 184 Å². The van der Waals surface area contributed by atoms with Crippen molar-refractivity contribution >= 4 is 32.5 Å². The molecule has 0 bridgehead atoms. The molecule has 5 rings (SSSR count). The normalized spacial score (nSPS) is 21.0. The van der Waals surface area contributed by atoms with Crippen LogP contribution in [0.1, 0.15) is 30.7 Å².